The Kier molecular flexibility index (Phi) is 6.88. The van der Waals surface area contributed by atoms with Gasteiger partial charge in [-0.3, -0.25) is 9.69 Å². The highest BCUT2D eigenvalue weighted by Gasteiger charge is 2.20. The number of nitrogens with zero attached hydrogens (tertiary/aromatic N) is 1. The second kappa shape index (κ2) is 7.96. The van der Waals surface area contributed by atoms with Crippen LogP contribution < -0.4 is 0 Å². The lowest BCUT2D eigenvalue weighted by Crippen LogP contribution is -2.41. The highest BCUT2D eigenvalue weighted by Crippen LogP contribution is 2.20. The van der Waals surface area contributed by atoms with E-state index in [4.69, 9.17) is 4.74 Å². The molecule has 1 fully saturated rings. The van der Waals surface area contributed by atoms with Crippen LogP contribution in [0.25, 0.3) is 0 Å². The van der Waals surface area contributed by atoms with E-state index in [9.17, 15) is 4.79 Å². The fraction of sp³-hybridized carbons (Fsp3) is 0.917. The van der Waals surface area contributed by atoms with Crippen molar-refractivity contribution in [1.29, 1.82) is 0 Å². The Hall–Kier alpha value is -0.220. The van der Waals surface area contributed by atoms with Crippen LogP contribution in [-0.4, -0.2) is 48.1 Å². The van der Waals surface area contributed by atoms with Gasteiger partial charge in [0.2, 0.25) is 0 Å². The van der Waals surface area contributed by atoms with E-state index >= 15 is 0 Å². The molecule has 1 aliphatic heterocycles. The second-order valence-corrected chi connectivity index (χ2v) is 5.62. The van der Waals surface area contributed by atoms with E-state index in [1.165, 1.54) is 6.42 Å². The molecule has 0 aromatic carbocycles. The van der Waals surface area contributed by atoms with Crippen molar-refractivity contribution in [2.45, 2.75) is 38.4 Å². The molecule has 0 radical (unpaired) electrons. The lowest BCUT2D eigenvalue weighted by molar-refractivity contribution is -0.145. The maximum Gasteiger partial charge on any atom is 0.320 e. The van der Waals surface area contributed by atoms with Gasteiger partial charge in [-0.05, 0) is 12.8 Å². The van der Waals surface area contributed by atoms with Crippen molar-refractivity contribution in [1.82, 2.24) is 4.90 Å². The topological polar surface area (TPSA) is 29.5 Å². The molecule has 4 heteroatoms. The van der Waals surface area contributed by atoms with E-state index in [1.54, 1.807) is 0 Å². The summed E-state index contributed by atoms with van der Waals surface area (Å²) in [5.41, 5.74) is 0. The third-order valence-corrected chi connectivity index (χ3v) is 4.16. The quantitative estimate of drug-likeness (QED) is 0.530. The number of rotatable bonds is 6. The molecule has 0 spiro atoms. The molecule has 16 heavy (non-hydrogen) atoms. The van der Waals surface area contributed by atoms with Crippen LogP contribution in [0.3, 0.4) is 0 Å². The summed E-state index contributed by atoms with van der Waals surface area (Å²) in [6, 6.07) is 0. The molecule has 1 rings (SSSR count). The van der Waals surface area contributed by atoms with Crippen LogP contribution in [0.1, 0.15) is 33.1 Å². The maximum atomic E-state index is 11.5. The maximum absolute atomic E-state index is 11.5. The summed E-state index contributed by atoms with van der Waals surface area (Å²) in [5.74, 6) is 1.08. The standard InChI is InChI=1S/C12H23NO2S/c1-3-5-7-15-12(14)10-13-6-8-16-11(4-2)9-13/h11H,3-10H2,1-2H3. The number of thioether (sulfide) groups is 1. The molecular formula is C12H23NO2S. The van der Waals surface area contributed by atoms with E-state index in [0.29, 0.717) is 18.4 Å². The zero-order chi connectivity index (χ0) is 11.8. The molecule has 0 amide bonds. The van der Waals surface area contributed by atoms with Crippen LogP contribution >= 0.6 is 11.8 Å². The van der Waals surface area contributed by atoms with Crippen LogP contribution in [0.2, 0.25) is 0 Å². The first-order chi connectivity index (χ1) is 7.76. The van der Waals surface area contributed by atoms with Gasteiger partial charge in [0.25, 0.3) is 0 Å². The molecule has 0 aliphatic carbocycles. The highest BCUT2D eigenvalue weighted by atomic mass is 32.2. The number of hydrogen-bond acceptors (Lipinski definition) is 4. The minimum absolute atomic E-state index is 0.0600. The summed E-state index contributed by atoms with van der Waals surface area (Å²) >= 11 is 2.02. The number of hydrogen-bond donors (Lipinski definition) is 0. The van der Waals surface area contributed by atoms with Gasteiger partial charge in [0.1, 0.15) is 0 Å². The number of ether oxygens (including phenoxy) is 1. The number of carbonyl (C=O) groups is 1. The van der Waals surface area contributed by atoms with Crippen molar-refractivity contribution >= 4 is 17.7 Å². The van der Waals surface area contributed by atoms with Crippen molar-refractivity contribution in [2.75, 3.05) is 32.0 Å². The molecule has 0 aromatic rings. The first kappa shape index (κ1) is 13.8. The number of unbranched alkanes of at least 4 members (excludes halogenated alkanes) is 1. The zero-order valence-corrected chi connectivity index (χ0v) is 11.2. The summed E-state index contributed by atoms with van der Waals surface area (Å²) in [4.78, 5) is 13.7. The Morgan fingerprint density at radius 3 is 3.00 bits per heavy atom. The third-order valence-electron chi connectivity index (χ3n) is 2.79. The highest BCUT2D eigenvalue weighted by molar-refractivity contribution is 8.00. The summed E-state index contributed by atoms with van der Waals surface area (Å²) < 4.78 is 5.17. The van der Waals surface area contributed by atoms with E-state index < -0.39 is 0 Å². The van der Waals surface area contributed by atoms with Gasteiger partial charge in [-0.1, -0.05) is 20.3 Å². The fourth-order valence-electron chi connectivity index (χ4n) is 1.73. The summed E-state index contributed by atoms with van der Waals surface area (Å²) in [6.45, 7) is 7.41. The van der Waals surface area contributed by atoms with Gasteiger partial charge < -0.3 is 4.74 Å². The average Bonchev–Trinajstić information content (AvgIpc) is 2.29. The molecule has 1 saturated heterocycles. The van der Waals surface area contributed by atoms with Crippen LogP contribution in [0.4, 0.5) is 0 Å². The minimum Gasteiger partial charge on any atom is -0.465 e. The normalized spacial score (nSPS) is 22.0. The van der Waals surface area contributed by atoms with Crippen molar-refractivity contribution in [3.05, 3.63) is 0 Å². The SMILES string of the molecule is CCCCOC(=O)CN1CCSC(CC)C1. The molecule has 1 unspecified atom stereocenters. The number of esters is 1. The molecule has 0 aromatic heterocycles. The van der Waals surface area contributed by atoms with Gasteiger partial charge in [0.15, 0.2) is 0 Å². The smallest absolute Gasteiger partial charge is 0.320 e. The monoisotopic (exact) mass is 245 g/mol. The van der Waals surface area contributed by atoms with Crippen molar-refractivity contribution in [3.8, 4) is 0 Å². The first-order valence-electron chi connectivity index (χ1n) is 6.25. The van der Waals surface area contributed by atoms with Crippen LogP contribution in [0, 0.1) is 0 Å². The van der Waals surface area contributed by atoms with E-state index in [0.717, 1.165) is 31.7 Å². The predicted octanol–water partition coefficient (Wildman–Crippen LogP) is 2.16. The van der Waals surface area contributed by atoms with Gasteiger partial charge >= 0.3 is 5.97 Å². The van der Waals surface area contributed by atoms with Gasteiger partial charge in [-0.2, -0.15) is 11.8 Å². The molecule has 0 saturated carbocycles. The van der Waals surface area contributed by atoms with Crippen molar-refractivity contribution in [2.24, 2.45) is 0 Å². The lowest BCUT2D eigenvalue weighted by Gasteiger charge is -2.30. The Bertz CT molecular complexity index is 211. The molecular weight excluding hydrogens is 222 g/mol. The first-order valence-corrected chi connectivity index (χ1v) is 7.30. The molecule has 1 heterocycles. The Labute approximate surface area is 103 Å². The number of carbonyl (C=O) groups excluding carboxylic acids is 1. The molecule has 1 aliphatic rings. The fourth-order valence-corrected chi connectivity index (χ4v) is 2.98. The molecule has 94 valence electrons. The summed E-state index contributed by atoms with van der Waals surface area (Å²) in [7, 11) is 0. The largest absolute Gasteiger partial charge is 0.465 e. The Morgan fingerprint density at radius 1 is 1.50 bits per heavy atom. The van der Waals surface area contributed by atoms with Gasteiger partial charge in [-0.25, -0.2) is 0 Å². The molecule has 0 bridgehead atoms. The minimum atomic E-state index is -0.0600. The van der Waals surface area contributed by atoms with E-state index in [1.807, 2.05) is 11.8 Å². The lowest BCUT2D eigenvalue weighted by atomic mass is 10.3. The van der Waals surface area contributed by atoms with E-state index in [-0.39, 0.29) is 5.97 Å². The van der Waals surface area contributed by atoms with Crippen LogP contribution in [0.5, 0.6) is 0 Å². The second-order valence-electron chi connectivity index (χ2n) is 4.21. The van der Waals surface area contributed by atoms with Crippen LogP contribution in [-0.2, 0) is 9.53 Å². The van der Waals surface area contributed by atoms with Gasteiger partial charge in [-0.15, -0.1) is 0 Å². The predicted molar refractivity (Wildman–Crippen MR) is 68.8 cm³/mol. The van der Waals surface area contributed by atoms with Crippen molar-refractivity contribution < 1.29 is 9.53 Å². The van der Waals surface area contributed by atoms with E-state index in [2.05, 4.69) is 18.7 Å². The molecule has 0 N–H and O–H groups in total. The molecule has 3 nitrogen and oxygen atoms in total. The third kappa shape index (κ3) is 5.21. The summed E-state index contributed by atoms with van der Waals surface area (Å²) in [5, 5.41) is 0.692. The summed E-state index contributed by atoms with van der Waals surface area (Å²) in [6.07, 6.45) is 3.23. The van der Waals surface area contributed by atoms with Crippen LogP contribution in [0.15, 0.2) is 0 Å². The Morgan fingerprint density at radius 2 is 2.31 bits per heavy atom. The average molecular weight is 245 g/mol. The Balaban J connectivity index is 2.17. The van der Waals surface area contributed by atoms with Gasteiger partial charge in [0, 0.05) is 24.1 Å². The van der Waals surface area contributed by atoms with Gasteiger partial charge in [0.05, 0.1) is 13.2 Å². The molecule has 1 atom stereocenters. The zero-order valence-electron chi connectivity index (χ0n) is 10.4. The van der Waals surface area contributed by atoms with Crippen molar-refractivity contribution in [3.63, 3.8) is 0 Å².